The van der Waals surface area contributed by atoms with Crippen molar-refractivity contribution in [1.82, 2.24) is 4.90 Å². The summed E-state index contributed by atoms with van der Waals surface area (Å²) in [6, 6.07) is 19.2. The standard InChI is InChI=1S/C18H20N2O2/c21-18(22)17(15-7-3-1-4-8-15)20-13-11-19(12-14-20)16-9-5-2-6-10-16/h1-10,17H,11-14H2,(H,21,22). The molecule has 0 radical (unpaired) electrons. The summed E-state index contributed by atoms with van der Waals surface area (Å²) in [6.45, 7) is 3.20. The van der Waals surface area contributed by atoms with Crippen LogP contribution in [0.2, 0.25) is 0 Å². The summed E-state index contributed by atoms with van der Waals surface area (Å²) < 4.78 is 0. The topological polar surface area (TPSA) is 43.8 Å². The number of para-hydroxylation sites is 1. The number of benzene rings is 2. The minimum Gasteiger partial charge on any atom is -0.480 e. The molecule has 0 spiro atoms. The van der Waals surface area contributed by atoms with Crippen LogP contribution in [0.1, 0.15) is 11.6 Å². The number of hydrogen-bond donors (Lipinski definition) is 1. The predicted molar refractivity (Wildman–Crippen MR) is 87.0 cm³/mol. The summed E-state index contributed by atoms with van der Waals surface area (Å²) in [4.78, 5) is 16.1. The lowest BCUT2D eigenvalue weighted by molar-refractivity contribution is -0.143. The van der Waals surface area contributed by atoms with Gasteiger partial charge in [0.2, 0.25) is 0 Å². The number of carboxylic acids is 1. The van der Waals surface area contributed by atoms with Crippen LogP contribution in [0.3, 0.4) is 0 Å². The first-order valence-corrected chi connectivity index (χ1v) is 7.57. The Morgan fingerprint density at radius 2 is 1.41 bits per heavy atom. The van der Waals surface area contributed by atoms with Crippen LogP contribution in [0.5, 0.6) is 0 Å². The van der Waals surface area contributed by atoms with E-state index < -0.39 is 12.0 Å². The van der Waals surface area contributed by atoms with Crippen LogP contribution in [0, 0.1) is 0 Å². The van der Waals surface area contributed by atoms with Crippen molar-refractivity contribution in [2.75, 3.05) is 31.1 Å². The Hall–Kier alpha value is -2.33. The summed E-state index contributed by atoms with van der Waals surface area (Å²) in [6.07, 6.45) is 0. The van der Waals surface area contributed by atoms with Gasteiger partial charge in [-0.3, -0.25) is 9.69 Å². The largest absolute Gasteiger partial charge is 0.480 e. The van der Waals surface area contributed by atoms with Crippen molar-refractivity contribution in [3.8, 4) is 0 Å². The molecule has 1 atom stereocenters. The van der Waals surface area contributed by atoms with E-state index in [0.717, 1.165) is 31.7 Å². The summed E-state index contributed by atoms with van der Waals surface area (Å²) in [7, 11) is 0. The Balaban J connectivity index is 1.70. The number of piperazine rings is 1. The van der Waals surface area contributed by atoms with E-state index in [4.69, 9.17) is 0 Å². The molecule has 1 aliphatic rings. The third-order valence-corrected chi connectivity index (χ3v) is 4.15. The van der Waals surface area contributed by atoms with Crippen LogP contribution >= 0.6 is 0 Å². The molecule has 0 bridgehead atoms. The van der Waals surface area contributed by atoms with Crippen molar-refractivity contribution < 1.29 is 9.90 Å². The van der Waals surface area contributed by atoms with Crippen LogP contribution in [0.15, 0.2) is 60.7 Å². The van der Waals surface area contributed by atoms with Gasteiger partial charge in [-0.25, -0.2) is 0 Å². The molecule has 4 nitrogen and oxygen atoms in total. The highest BCUT2D eigenvalue weighted by atomic mass is 16.4. The number of aliphatic carboxylic acids is 1. The Morgan fingerprint density at radius 3 is 1.95 bits per heavy atom. The van der Waals surface area contributed by atoms with E-state index in [2.05, 4.69) is 21.9 Å². The highest BCUT2D eigenvalue weighted by Crippen LogP contribution is 2.24. The van der Waals surface area contributed by atoms with Crippen molar-refractivity contribution in [3.05, 3.63) is 66.2 Å². The fourth-order valence-corrected chi connectivity index (χ4v) is 3.02. The number of hydrogen-bond acceptors (Lipinski definition) is 3. The number of nitrogens with zero attached hydrogens (tertiary/aromatic N) is 2. The average Bonchev–Trinajstić information content (AvgIpc) is 2.57. The van der Waals surface area contributed by atoms with Gasteiger partial charge < -0.3 is 10.0 Å². The van der Waals surface area contributed by atoms with Gasteiger partial charge in [0.15, 0.2) is 0 Å². The molecule has 0 saturated carbocycles. The smallest absolute Gasteiger partial charge is 0.325 e. The van der Waals surface area contributed by atoms with Crippen molar-refractivity contribution in [2.45, 2.75) is 6.04 Å². The predicted octanol–water partition coefficient (Wildman–Crippen LogP) is 2.63. The molecular weight excluding hydrogens is 276 g/mol. The Kier molecular flexibility index (Phi) is 4.39. The van der Waals surface area contributed by atoms with Crippen LogP contribution < -0.4 is 4.90 Å². The minimum atomic E-state index is -0.778. The molecule has 0 aromatic heterocycles. The molecule has 1 heterocycles. The second-order valence-electron chi connectivity index (χ2n) is 5.51. The normalized spacial score (nSPS) is 17.2. The fraction of sp³-hybridized carbons (Fsp3) is 0.278. The zero-order valence-electron chi connectivity index (χ0n) is 12.4. The lowest BCUT2D eigenvalue weighted by atomic mass is 10.0. The van der Waals surface area contributed by atoms with Crippen molar-refractivity contribution in [2.24, 2.45) is 0 Å². The lowest BCUT2D eigenvalue weighted by Gasteiger charge is -2.38. The number of carbonyl (C=O) groups is 1. The molecule has 4 heteroatoms. The zero-order valence-corrected chi connectivity index (χ0v) is 12.4. The quantitative estimate of drug-likeness (QED) is 0.942. The first-order chi connectivity index (χ1) is 10.8. The van der Waals surface area contributed by atoms with Crippen molar-refractivity contribution in [1.29, 1.82) is 0 Å². The van der Waals surface area contributed by atoms with Gasteiger partial charge in [0.05, 0.1) is 0 Å². The molecule has 1 saturated heterocycles. The van der Waals surface area contributed by atoms with Crippen LogP contribution in [0.4, 0.5) is 5.69 Å². The molecule has 2 aromatic carbocycles. The van der Waals surface area contributed by atoms with Gasteiger partial charge in [-0.2, -0.15) is 0 Å². The third kappa shape index (κ3) is 3.12. The molecular formula is C18H20N2O2. The van der Waals surface area contributed by atoms with Gasteiger partial charge in [-0.05, 0) is 17.7 Å². The Labute approximate surface area is 130 Å². The first-order valence-electron chi connectivity index (χ1n) is 7.57. The Morgan fingerprint density at radius 1 is 0.864 bits per heavy atom. The minimum absolute atomic E-state index is 0.556. The van der Waals surface area contributed by atoms with Gasteiger partial charge in [0.25, 0.3) is 0 Å². The molecule has 0 aliphatic carbocycles. The Bertz CT molecular complexity index is 607. The second kappa shape index (κ2) is 6.62. The summed E-state index contributed by atoms with van der Waals surface area (Å²) in [5.41, 5.74) is 2.05. The summed E-state index contributed by atoms with van der Waals surface area (Å²) in [5.74, 6) is -0.778. The first kappa shape index (κ1) is 14.6. The van der Waals surface area contributed by atoms with E-state index in [1.54, 1.807) is 0 Å². The number of carboxylic acid groups (broad SMARTS) is 1. The average molecular weight is 296 g/mol. The van der Waals surface area contributed by atoms with E-state index in [-0.39, 0.29) is 0 Å². The van der Waals surface area contributed by atoms with Gasteiger partial charge >= 0.3 is 5.97 Å². The van der Waals surface area contributed by atoms with E-state index in [1.165, 1.54) is 5.69 Å². The van der Waals surface area contributed by atoms with Gasteiger partial charge in [0, 0.05) is 31.9 Å². The van der Waals surface area contributed by atoms with E-state index >= 15 is 0 Å². The molecule has 0 amide bonds. The fourth-order valence-electron chi connectivity index (χ4n) is 3.02. The molecule has 114 valence electrons. The van der Waals surface area contributed by atoms with E-state index in [9.17, 15) is 9.90 Å². The van der Waals surface area contributed by atoms with Crippen LogP contribution in [-0.2, 0) is 4.79 Å². The van der Waals surface area contributed by atoms with Crippen LogP contribution in [-0.4, -0.2) is 42.2 Å². The number of anilines is 1. The maximum absolute atomic E-state index is 11.7. The van der Waals surface area contributed by atoms with Crippen LogP contribution in [0.25, 0.3) is 0 Å². The molecule has 1 unspecified atom stereocenters. The lowest BCUT2D eigenvalue weighted by Crippen LogP contribution is -2.49. The second-order valence-corrected chi connectivity index (χ2v) is 5.51. The SMILES string of the molecule is O=C(O)C(c1ccccc1)N1CCN(c2ccccc2)CC1. The van der Waals surface area contributed by atoms with Gasteiger partial charge in [-0.1, -0.05) is 48.5 Å². The number of rotatable bonds is 4. The molecule has 1 aliphatic heterocycles. The highest BCUT2D eigenvalue weighted by molar-refractivity contribution is 5.75. The van der Waals surface area contributed by atoms with Crippen molar-refractivity contribution in [3.63, 3.8) is 0 Å². The molecule has 22 heavy (non-hydrogen) atoms. The maximum atomic E-state index is 11.7. The van der Waals surface area contributed by atoms with Gasteiger partial charge in [0.1, 0.15) is 6.04 Å². The maximum Gasteiger partial charge on any atom is 0.325 e. The molecule has 3 rings (SSSR count). The third-order valence-electron chi connectivity index (χ3n) is 4.15. The summed E-state index contributed by atoms with van der Waals surface area (Å²) >= 11 is 0. The molecule has 1 fully saturated rings. The zero-order chi connectivity index (χ0) is 15.4. The molecule has 2 aromatic rings. The van der Waals surface area contributed by atoms with E-state index in [0.29, 0.717) is 0 Å². The summed E-state index contributed by atoms with van der Waals surface area (Å²) in [5, 5.41) is 9.61. The van der Waals surface area contributed by atoms with Crippen molar-refractivity contribution >= 4 is 11.7 Å². The molecule has 1 N–H and O–H groups in total. The monoisotopic (exact) mass is 296 g/mol. The van der Waals surface area contributed by atoms with Gasteiger partial charge in [-0.15, -0.1) is 0 Å². The highest BCUT2D eigenvalue weighted by Gasteiger charge is 2.30. The van der Waals surface area contributed by atoms with E-state index in [1.807, 2.05) is 48.5 Å².